The Morgan fingerprint density at radius 1 is 1.02 bits per heavy atom. The molecule has 220 valence electrons. The minimum Gasteiger partial charge on any atom is -0.372 e. The number of likely N-dealkylation sites (tertiary alicyclic amines) is 1. The lowest BCUT2D eigenvalue weighted by Gasteiger charge is -2.38. The Balaban J connectivity index is 1.39. The number of anilines is 3. The molecule has 0 aliphatic carbocycles. The van der Waals surface area contributed by atoms with E-state index in [1.165, 1.54) is 12.1 Å². The molecule has 1 amide bonds. The molecule has 11 nitrogen and oxygen atoms in total. The van der Waals surface area contributed by atoms with E-state index in [1.807, 2.05) is 10.6 Å². The zero-order valence-corrected chi connectivity index (χ0v) is 25.2. The summed E-state index contributed by atoms with van der Waals surface area (Å²) in [5.41, 5.74) is 1.93. The summed E-state index contributed by atoms with van der Waals surface area (Å²) >= 11 is 6.26. The maximum Gasteiger partial charge on any atom is 0.256 e. The second kappa shape index (κ2) is 11.0. The van der Waals surface area contributed by atoms with E-state index in [-0.39, 0.29) is 35.4 Å². The first kappa shape index (κ1) is 28.0. The molecule has 5 heterocycles. The monoisotopic (exact) mass is 601 g/mol. The van der Waals surface area contributed by atoms with Crippen molar-refractivity contribution in [3.05, 3.63) is 46.6 Å². The van der Waals surface area contributed by atoms with Crippen molar-refractivity contribution in [1.29, 1.82) is 0 Å². The molecule has 13 heteroatoms. The lowest BCUT2D eigenvalue weighted by atomic mass is 9.98. The molecule has 0 bridgehead atoms. The largest absolute Gasteiger partial charge is 0.372 e. The van der Waals surface area contributed by atoms with Gasteiger partial charge < -0.3 is 19.4 Å². The van der Waals surface area contributed by atoms with Crippen molar-refractivity contribution in [1.82, 2.24) is 19.5 Å². The van der Waals surface area contributed by atoms with Crippen molar-refractivity contribution < 1.29 is 17.9 Å². The molecule has 3 fully saturated rings. The number of hydrogen-bond acceptors (Lipinski definition) is 8. The number of piperidine rings is 1. The third-order valence-corrected chi connectivity index (χ3v) is 8.78. The molecule has 0 spiro atoms. The van der Waals surface area contributed by atoms with Gasteiger partial charge in [-0.05, 0) is 57.7 Å². The minimum absolute atomic E-state index is 0.0864. The van der Waals surface area contributed by atoms with E-state index < -0.39 is 10.0 Å². The van der Waals surface area contributed by atoms with Crippen molar-refractivity contribution in [3.63, 3.8) is 0 Å². The Morgan fingerprint density at radius 2 is 1.78 bits per heavy atom. The molecule has 1 N–H and O–H groups in total. The van der Waals surface area contributed by atoms with E-state index in [9.17, 15) is 13.2 Å². The number of amides is 1. The number of carbonyl (C=O) groups excluding carboxylic acids is 1. The molecule has 3 aromatic rings. The number of halogens is 1. The van der Waals surface area contributed by atoms with Crippen LogP contribution in [0.15, 0.2) is 30.3 Å². The van der Waals surface area contributed by atoms with Crippen LogP contribution in [-0.4, -0.2) is 85.0 Å². The lowest BCUT2D eigenvalue weighted by Crippen LogP contribution is -2.46. The Bertz CT molecular complexity index is 1560. The van der Waals surface area contributed by atoms with E-state index in [4.69, 9.17) is 26.4 Å². The predicted molar refractivity (Wildman–Crippen MR) is 160 cm³/mol. The Morgan fingerprint density at radius 3 is 2.46 bits per heavy atom. The van der Waals surface area contributed by atoms with E-state index in [0.717, 1.165) is 81.1 Å². The van der Waals surface area contributed by atoms with Gasteiger partial charge in [-0.25, -0.2) is 13.4 Å². The van der Waals surface area contributed by atoms with Crippen LogP contribution in [0.5, 0.6) is 0 Å². The van der Waals surface area contributed by atoms with Crippen molar-refractivity contribution in [2.24, 2.45) is 0 Å². The van der Waals surface area contributed by atoms with Gasteiger partial charge in [0.2, 0.25) is 10.0 Å². The van der Waals surface area contributed by atoms with Gasteiger partial charge in [0.15, 0.2) is 5.65 Å². The average Bonchev–Trinajstić information content (AvgIpc) is 3.30. The number of hydrogen-bond donors (Lipinski definition) is 1. The van der Waals surface area contributed by atoms with Gasteiger partial charge in [-0.3, -0.25) is 9.52 Å². The number of benzene rings is 1. The molecule has 0 saturated carbocycles. The lowest BCUT2D eigenvalue weighted by molar-refractivity contribution is -0.00558. The van der Waals surface area contributed by atoms with Crippen LogP contribution < -0.4 is 14.5 Å². The standard InChI is InChI=1S/C28H36ClN7O4S/c1-18-16-34(17-19(2)40-18)27-15-25(33-10-6-11-33)30-26-14-23(31-36(26)27)24-7-4-5-12-35(24)28(37)21-13-20(29)8-9-22(21)32-41(3,38)39/h8-9,13-15,18-19,24,32H,4-7,10-12,16-17H2,1-3H3. The third-order valence-electron chi connectivity index (χ3n) is 7.95. The Kier molecular flexibility index (Phi) is 7.50. The van der Waals surface area contributed by atoms with Gasteiger partial charge in [0.05, 0.1) is 41.5 Å². The van der Waals surface area contributed by atoms with Crippen LogP contribution in [0.25, 0.3) is 5.65 Å². The topological polar surface area (TPSA) is 112 Å². The Labute approximate surface area is 245 Å². The second-order valence-electron chi connectivity index (χ2n) is 11.4. The van der Waals surface area contributed by atoms with E-state index in [1.54, 1.807) is 11.0 Å². The normalized spacial score (nSPS) is 23.5. The number of morpholine rings is 1. The summed E-state index contributed by atoms with van der Waals surface area (Å²) in [5, 5.41) is 5.41. The number of sulfonamides is 1. The zero-order valence-electron chi connectivity index (χ0n) is 23.6. The van der Waals surface area contributed by atoms with Crippen LogP contribution >= 0.6 is 11.6 Å². The van der Waals surface area contributed by atoms with Crippen molar-refractivity contribution in [3.8, 4) is 0 Å². The van der Waals surface area contributed by atoms with E-state index in [2.05, 4.69) is 34.4 Å². The molecule has 3 unspecified atom stereocenters. The summed E-state index contributed by atoms with van der Waals surface area (Å²) in [7, 11) is -3.60. The average molecular weight is 602 g/mol. The SMILES string of the molecule is CC1CN(c2cc(N3CCC3)nc3cc(C4CCCCN4C(=O)c4cc(Cl)ccc4NS(C)(=O)=O)nn23)CC(C)O1. The van der Waals surface area contributed by atoms with Gasteiger partial charge >= 0.3 is 0 Å². The minimum atomic E-state index is -3.60. The van der Waals surface area contributed by atoms with Crippen LogP contribution in [0.4, 0.5) is 17.3 Å². The summed E-state index contributed by atoms with van der Waals surface area (Å²) in [6.07, 6.45) is 4.92. The van der Waals surface area contributed by atoms with Crippen LogP contribution in [0.1, 0.15) is 61.6 Å². The third kappa shape index (κ3) is 5.82. The highest BCUT2D eigenvalue weighted by Crippen LogP contribution is 2.36. The summed E-state index contributed by atoms with van der Waals surface area (Å²) in [6, 6.07) is 8.44. The van der Waals surface area contributed by atoms with Gasteiger partial charge in [0.25, 0.3) is 5.91 Å². The van der Waals surface area contributed by atoms with Gasteiger partial charge in [0.1, 0.15) is 11.6 Å². The smallest absolute Gasteiger partial charge is 0.256 e. The first-order chi connectivity index (χ1) is 19.6. The zero-order chi connectivity index (χ0) is 28.9. The maximum atomic E-state index is 14.0. The number of ether oxygens (including phenoxy) is 1. The van der Waals surface area contributed by atoms with Crippen molar-refractivity contribution in [2.45, 2.75) is 57.8 Å². The molecular weight excluding hydrogens is 566 g/mol. The second-order valence-corrected chi connectivity index (χ2v) is 13.6. The van der Waals surface area contributed by atoms with Gasteiger partial charge in [-0.15, -0.1) is 0 Å². The highest BCUT2D eigenvalue weighted by molar-refractivity contribution is 7.92. The van der Waals surface area contributed by atoms with Gasteiger partial charge in [-0.2, -0.15) is 9.61 Å². The molecule has 3 aliphatic rings. The highest BCUT2D eigenvalue weighted by atomic mass is 35.5. The number of aromatic nitrogens is 3. The number of rotatable bonds is 6. The fourth-order valence-electron chi connectivity index (χ4n) is 6.04. The molecule has 0 radical (unpaired) electrons. The molecule has 41 heavy (non-hydrogen) atoms. The molecule has 3 atom stereocenters. The fourth-order valence-corrected chi connectivity index (χ4v) is 6.79. The molecular formula is C28H36ClN7O4S. The van der Waals surface area contributed by atoms with Crippen LogP contribution in [0.2, 0.25) is 5.02 Å². The molecule has 2 aromatic heterocycles. The summed E-state index contributed by atoms with van der Waals surface area (Å²) in [4.78, 5) is 25.3. The molecule has 1 aromatic carbocycles. The number of carbonyl (C=O) groups is 1. The molecule has 6 rings (SSSR count). The molecule has 3 aliphatic heterocycles. The Hall–Kier alpha value is -3.09. The number of fused-ring (bicyclic) bond motifs is 1. The maximum absolute atomic E-state index is 14.0. The van der Waals surface area contributed by atoms with E-state index >= 15 is 0 Å². The van der Waals surface area contributed by atoms with Crippen LogP contribution in [-0.2, 0) is 14.8 Å². The fraction of sp³-hybridized carbons (Fsp3) is 0.536. The van der Waals surface area contributed by atoms with Crippen molar-refractivity contribution >= 4 is 50.5 Å². The number of nitrogens with one attached hydrogen (secondary N) is 1. The number of nitrogens with zero attached hydrogens (tertiary/aromatic N) is 6. The summed E-state index contributed by atoms with van der Waals surface area (Å²) in [5.74, 6) is 1.61. The summed E-state index contributed by atoms with van der Waals surface area (Å²) < 4.78 is 34.4. The first-order valence-electron chi connectivity index (χ1n) is 14.2. The highest BCUT2D eigenvalue weighted by Gasteiger charge is 2.33. The van der Waals surface area contributed by atoms with Crippen LogP contribution in [0, 0.1) is 0 Å². The molecule has 3 saturated heterocycles. The first-order valence-corrected chi connectivity index (χ1v) is 16.5. The quantitative estimate of drug-likeness (QED) is 0.452. The summed E-state index contributed by atoms with van der Waals surface area (Å²) in [6.45, 7) is 8.15. The van der Waals surface area contributed by atoms with Gasteiger partial charge in [-0.1, -0.05) is 11.6 Å². The predicted octanol–water partition coefficient (Wildman–Crippen LogP) is 3.95. The van der Waals surface area contributed by atoms with Gasteiger partial charge in [0, 0.05) is 49.9 Å². The van der Waals surface area contributed by atoms with E-state index in [0.29, 0.717) is 11.6 Å². The van der Waals surface area contributed by atoms with Crippen LogP contribution in [0.3, 0.4) is 0 Å². The van der Waals surface area contributed by atoms with Crippen molar-refractivity contribution in [2.75, 3.05) is 53.5 Å².